The summed E-state index contributed by atoms with van der Waals surface area (Å²) in [5, 5.41) is 0.697. The molecule has 6 nitrogen and oxygen atoms in total. The van der Waals surface area contributed by atoms with Crippen molar-refractivity contribution in [1.29, 1.82) is 0 Å². The molecule has 28 heavy (non-hydrogen) atoms. The number of nitrogens with zero attached hydrogens (tertiary/aromatic N) is 1. The zero-order valence-electron chi connectivity index (χ0n) is 16.6. The van der Waals surface area contributed by atoms with Crippen molar-refractivity contribution in [1.82, 2.24) is 4.90 Å². The highest BCUT2D eigenvalue weighted by Crippen LogP contribution is 2.30. The summed E-state index contributed by atoms with van der Waals surface area (Å²) < 4.78 is 10.2. The molecule has 0 aliphatic heterocycles. The van der Waals surface area contributed by atoms with E-state index >= 15 is 0 Å². The number of hydrogen-bond acceptors (Lipinski definition) is 5. The number of carbonyl (C=O) groups excluding carboxylic acids is 2. The SMILES string of the molecule is COC(=O)C(C)CN(C(=O)c1cc2ccccc2oc1=O)C1CCCCC1C. The molecule has 1 aliphatic carbocycles. The first-order valence-electron chi connectivity index (χ1n) is 9.84. The van der Waals surface area contributed by atoms with E-state index in [-0.39, 0.29) is 30.0 Å². The highest BCUT2D eigenvalue weighted by molar-refractivity contribution is 5.97. The number of rotatable bonds is 5. The molecule has 0 saturated heterocycles. The Balaban J connectivity index is 1.99. The number of benzene rings is 1. The minimum Gasteiger partial charge on any atom is -0.469 e. The maximum atomic E-state index is 13.4. The third-order valence-electron chi connectivity index (χ3n) is 5.67. The van der Waals surface area contributed by atoms with Gasteiger partial charge in [0.1, 0.15) is 11.1 Å². The fourth-order valence-electron chi connectivity index (χ4n) is 4.07. The number of carbonyl (C=O) groups is 2. The number of methoxy groups -OCH3 is 1. The van der Waals surface area contributed by atoms with Gasteiger partial charge in [-0.2, -0.15) is 0 Å². The second-order valence-corrected chi connectivity index (χ2v) is 7.70. The quantitative estimate of drug-likeness (QED) is 0.580. The van der Waals surface area contributed by atoms with Crippen LogP contribution in [-0.2, 0) is 9.53 Å². The molecule has 0 bridgehead atoms. The molecule has 0 spiro atoms. The molecule has 0 radical (unpaired) electrons. The Morgan fingerprint density at radius 1 is 1.25 bits per heavy atom. The van der Waals surface area contributed by atoms with Gasteiger partial charge in [0, 0.05) is 18.0 Å². The lowest BCUT2D eigenvalue weighted by Gasteiger charge is -2.39. The highest BCUT2D eigenvalue weighted by atomic mass is 16.5. The molecule has 1 aliphatic rings. The summed E-state index contributed by atoms with van der Waals surface area (Å²) in [6.07, 6.45) is 4.04. The lowest BCUT2D eigenvalue weighted by molar-refractivity contribution is -0.145. The van der Waals surface area contributed by atoms with Crippen molar-refractivity contribution < 1.29 is 18.7 Å². The number of hydrogen-bond donors (Lipinski definition) is 0. The van der Waals surface area contributed by atoms with E-state index in [9.17, 15) is 14.4 Å². The number of fused-ring (bicyclic) bond motifs is 1. The fourth-order valence-corrected chi connectivity index (χ4v) is 4.07. The monoisotopic (exact) mass is 385 g/mol. The Morgan fingerprint density at radius 3 is 2.68 bits per heavy atom. The third-order valence-corrected chi connectivity index (χ3v) is 5.67. The van der Waals surface area contributed by atoms with Crippen molar-refractivity contribution in [2.75, 3.05) is 13.7 Å². The normalized spacial score (nSPS) is 20.5. The molecule has 1 saturated carbocycles. The standard InChI is InChI=1S/C22H27NO5/c1-14-8-4-6-10-18(14)23(13-15(2)21(25)27-3)20(24)17-12-16-9-5-7-11-19(16)28-22(17)26/h5,7,9,11-12,14-15,18H,4,6,8,10,13H2,1-3H3. The van der Waals surface area contributed by atoms with E-state index < -0.39 is 11.5 Å². The van der Waals surface area contributed by atoms with Crippen LogP contribution in [0.5, 0.6) is 0 Å². The lowest BCUT2D eigenvalue weighted by Crippen LogP contribution is -2.49. The third kappa shape index (κ3) is 4.11. The van der Waals surface area contributed by atoms with E-state index in [0.29, 0.717) is 16.9 Å². The smallest absolute Gasteiger partial charge is 0.349 e. The second-order valence-electron chi connectivity index (χ2n) is 7.70. The lowest BCUT2D eigenvalue weighted by atomic mass is 9.84. The largest absolute Gasteiger partial charge is 0.469 e. The maximum Gasteiger partial charge on any atom is 0.349 e. The number of para-hydroxylation sites is 1. The van der Waals surface area contributed by atoms with Crippen LogP contribution >= 0.6 is 0 Å². The number of esters is 1. The van der Waals surface area contributed by atoms with Gasteiger partial charge in [-0.15, -0.1) is 0 Å². The van der Waals surface area contributed by atoms with Crippen LogP contribution < -0.4 is 5.63 Å². The molecule has 0 N–H and O–H groups in total. The van der Waals surface area contributed by atoms with Gasteiger partial charge >= 0.3 is 11.6 Å². The van der Waals surface area contributed by atoms with Crippen LogP contribution in [0.1, 0.15) is 49.9 Å². The predicted molar refractivity (Wildman–Crippen MR) is 106 cm³/mol. The van der Waals surface area contributed by atoms with Crippen LogP contribution in [0.3, 0.4) is 0 Å². The summed E-state index contributed by atoms with van der Waals surface area (Å²) in [5.74, 6) is -0.925. The summed E-state index contributed by atoms with van der Waals surface area (Å²) in [5.41, 5.74) is -0.194. The topological polar surface area (TPSA) is 76.8 Å². The first-order chi connectivity index (χ1) is 13.4. The Labute approximate surface area is 164 Å². The van der Waals surface area contributed by atoms with E-state index in [0.717, 1.165) is 25.7 Å². The molecule has 6 heteroatoms. The molecule has 2 aromatic rings. The molecule has 150 valence electrons. The van der Waals surface area contributed by atoms with Gasteiger partial charge < -0.3 is 14.1 Å². The van der Waals surface area contributed by atoms with E-state index in [4.69, 9.17) is 9.15 Å². The van der Waals surface area contributed by atoms with Gasteiger partial charge in [-0.25, -0.2) is 4.79 Å². The van der Waals surface area contributed by atoms with Crippen LogP contribution in [0.15, 0.2) is 39.5 Å². The Bertz CT molecular complexity index is 919. The summed E-state index contributed by atoms with van der Waals surface area (Å²) in [6, 6.07) is 8.69. The highest BCUT2D eigenvalue weighted by Gasteiger charge is 2.34. The first-order valence-corrected chi connectivity index (χ1v) is 9.84. The molecule has 1 aromatic heterocycles. The van der Waals surface area contributed by atoms with Gasteiger partial charge in [0.2, 0.25) is 0 Å². The van der Waals surface area contributed by atoms with E-state index in [1.807, 2.05) is 6.07 Å². The molecular formula is C22H27NO5. The molecule has 1 fully saturated rings. The molecule has 1 heterocycles. The van der Waals surface area contributed by atoms with Crippen molar-refractivity contribution >= 4 is 22.8 Å². The summed E-state index contributed by atoms with van der Waals surface area (Å²) in [6.45, 7) is 4.07. The molecule has 1 amide bonds. The van der Waals surface area contributed by atoms with Gasteiger partial charge in [0.15, 0.2) is 0 Å². The van der Waals surface area contributed by atoms with Gasteiger partial charge in [-0.05, 0) is 30.9 Å². The Kier molecular flexibility index (Phi) is 6.17. The average molecular weight is 385 g/mol. The first kappa shape index (κ1) is 20.1. The van der Waals surface area contributed by atoms with Crippen molar-refractivity contribution in [3.63, 3.8) is 0 Å². The van der Waals surface area contributed by atoms with Crippen LogP contribution in [0.2, 0.25) is 0 Å². The van der Waals surface area contributed by atoms with Crippen LogP contribution in [0.4, 0.5) is 0 Å². The molecule has 3 unspecified atom stereocenters. The predicted octanol–water partition coefficient (Wildman–Crippen LogP) is 3.62. The van der Waals surface area contributed by atoms with Crippen molar-refractivity contribution in [3.05, 3.63) is 46.3 Å². The summed E-state index contributed by atoms with van der Waals surface area (Å²) in [7, 11) is 1.34. The van der Waals surface area contributed by atoms with E-state index in [1.165, 1.54) is 7.11 Å². The number of ether oxygens (including phenoxy) is 1. The van der Waals surface area contributed by atoms with Gasteiger partial charge in [0.25, 0.3) is 5.91 Å². The molecule has 3 rings (SSSR count). The molecule has 3 atom stereocenters. The zero-order chi connectivity index (χ0) is 20.3. The fraction of sp³-hybridized carbons (Fsp3) is 0.500. The van der Waals surface area contributed by atoms with E-state index in [1.54, 1.807) is 36.1 Å². The van der Waals surface area contributed by atoms with Crippen molar-refractivity contribution in [2.45, 2.75) is 45.6 Å². The average Bonchev–Trinajstić information content (AvgIpc) is 2.70. The Morgan fingerprint density at radius 2 is 1.96 bits per heavy atom. The maximum absolute atomic E-state index is 13.4. The van der Waals surface area contributed by atoms with Gasteiger partial charge in [-0.3, -0.25) is 9.59 Å². The molecule has 1 aromatic carbocycles. The van der Waals surface area contributed by atoms with E-state index in [2.05, 4.69) is 6.92 Å². The minimum absolute atomic E-state index is 0.00791. The Hall–Kier alpha value is -2.63. The van der Waals surface area contributed by atoms with Crippen LogP contribution in [0.25, 0.3) is 11.0 Å². The molecular weight excluding hydrogens is 358 g/mol. The van der Waals surface area contributed by atoms with Crippen LogP contribution in [0, 0.1) is 11.8 Å². The van der Waals surface area contributed by atoms with Gasteiger partial charge in [0.05, 0.1) is 13.0 Å². The summed E-state index contributed by atoms with van der Waals surface area (Å²) in [4.78, 5) is 39.6. The minimum atomic E-state index is -0.650. The van der Waals surface area contributed by atoms with Crippen molar-refractivity contribution in [2.24, 2.45) is 11.8 Å². The van der Waals surface area contributed by atoms with Crippen molar-refractivity contribution in [3.8, 4) is 0 Å². The summed E-state index contributed by atoms with van der Waals surface area (Å²) >= 11 is 0. The van der Waals surface area contributed by atoms with Gasteiger partial charge in [-0.1, -0.05) is 44.9 Å². The second kappa shape index (κ2) is 8.59. The zero-order valence-corrected chi connectivity index (χ0v) is 16.6. The van der Waals surface area contributed by atoms with Crippen LogP contribution in [-0.4, -0.2) is 36.5 Å². The number of amides is 1.